The van der Waals surface area contributed by atoms with Gasteiger partial charge >= 0.3 is 0 Å². The van der Waals surface area contributed by atoms with E-state index in [4.69, 9.17) is 0 Å². The van der Waals surface area contributed by atoms with E-state index in [-0.39, 0.29) is 17.0 Å². The minimum Gasteiger partial charge on any atom is -0.384 e. The highest BCUT2D eigenvalue weighted by molar-refractivity contribution is 5.97. The zero-order valence-corrected chi connectivity index (χ0v) is 14.4. The molecule has 0 saturated heterocycles. The molecule has 0 aliphatic heterocycles. The Balaban J connectivity index is 1.39. The fraction of sp³-hybridized carbons (Fsp3) is 0.550. The van der Waals surface area contributed by atoms with Gasteiger partial charge in [-0.3, -0.25) is 9.78 Å². The molecule has 0 aromatic carbocycles. The number of nitrogens with one attached hydrogen (secondary N) is 2. The Morgan fingerprint density at radius 1 is 1.28 bits per heavy atom. The first kappa shape index (κ1) is 16.1. The van der Waals surface area contributed by atoms with Crippen molar-refractivity contribution in [3.63, 3.8) is 0 Å². The lowest BCUT2D eigenvalue weighted by Crippen LogP contribution is -2.57. The fourth-order valence-electron chi connectivity index (χ4n) is 5.44. The number of carbonyl (C=O) groups is 1. The van der Waals surface area contributed by atoms with Crippen molar-refractivity contribution in [3.05, 3.63) is 41.9 Å². The lowest BCUT2D eigenvalue weighted by Gasteiger charge is -2.56. The highest BCUT2D eigenvalue weighted by atomic mass is 16.1. The summed E-state index contributed by atoms with van der Waals surface area (Å²) in [7, 11) is 0. The average Bonchev–Trinajstić information content (AvgIpc) is 2.60. The van der Waals surface area contributed by atoms with Gasteiger partial charge in [0.25, 0.3) is 5.91 Å². The van der Waals surface area contributed by atoms with Crippen molar-refractivity contribution in [2.45, 2.75) is 50.6 Å². The molecule has 2 N–H and O–H groups in total. The summed E-state index contributed by atoms with van der Waals surface area (Å²) in [5.41, 5.74) is 1.18. The molecule has 25 heavy (non-hydrogen) atoms. The van der Waals surface area contributed by atoms with E-state index in [9.17, 15) is 10.1 Å². The van der Waals surface area contributed by atoms with Crippen molar-refractivity contribution in [3.8, 4) is 6.07 Å². The van der Waals surface area contributed by atoms with E-state index < -0.39 is 0 Å². The first-order valence-electron chi connectivity index (χ1n) is 9.21. The van der Waals surface area contributed by atoms with Crippen LogP contribution in [-0.2, 0) is 11.3 Å². The summed E-state index contributed by atoms with van der Waals surface area (Å²) in [5.74, 6) is 2.16. The van der Waals surface area contributed by atoms with Gasteiger partial charge in [-0.15, -0.1) is 0 Å². The molecule has 1 heterocycles. The lowest BCUT2D eigenvalue weighted by molar-refractivity contribution is -0.117. The van der Waals surface area contributed by atoms with Crippen LogP contribution in [0.5, 0.6) is 0 Å². The molecule has 4 bridgehead atoms. The van der Waals surface area contributed by atoms with Crippen LogP contribution >= 0.6 is 0 Å². The standard InChI is InChI=1S/C20H24N4O/c21-10-18(19(25)23-12-14-2-1-3-22-11-14)13-24-20-7-15-4-16(8-20)6-17(5-15)9-20/h1-3,11,13,15-17,24H,4-9,12H2,(H,23,25)/b18-13-. The molecule has 1 amide bonds. The number of aromatic nitrogens is 1. The van der Waals surface area contributed by atoms with Gasteiger partial charge in [-0.25, -0.2) is 0 Å². The Hall–Kier alpha value is -2.35. The second-order valence-corrected chi connectivity index (χ2v) is 8.06. The number of amides is 1. The van der Waals surface area contributed by atoms with E-state index in [1.807, 2.05) is 18.2 Å². The zero-order valence-electron chi connectivity index (χ0n) is 14.4. The van der Waals surface area contributed by atoms with Gasteiger partial charge in [0.2, 0.25) is 0 Å². The third-order valence-corrected chi connectivity index (χ3v) is 6.10. The lowest BCUT2D eigenvalue weighted by atomic mass is 9.53. The molecule has 0 atom stereocenters. The molecule has 4 fully saturated rings. The van der Waals surface area contributed by atoms with Crippen LogP contribution in [0.3, 0.4) is 0 Å². The average molecular weight is 336 g/mol. The van der Waals surface area contributed by atoms with E-state index in [2.05, 4.69) is 15.6 Å². The molecule has 4 saturated carbocycles. The predicted molar refractivity (Wildman–Crippen MR) is 93.8 cm³/mol. The Labute approximate surface area is 148 Å². The molecule has 5 heteroatoms. The summed E-state index contributed by atoms with van der Waals surface area (Å²) in [6.07, 6.45) is 12.8. The van der Waals surface area contributed by atoms with E-state index in [1.165, 1.54) is 38.5 Å². The Kier molecular flexibility index (Phi) is 4.20. The number of carbonyl (C=O) groups excluding carboxylic acids is 1. The van der Waals surface area contributed by atoms with Gasteiger partial charge in [0.15, 0.2) is 0 Å². The summed E-state index contributed by atoms with van der Waals surface area (Å²) in [5, 5.41) is 15.7. The van der Waals surface area contributed by atoms with Crippen molar-refractivity contribution in [2.75, 3.05) is 0 Å². The van der Waals surface area contributed by atoms with Gasteiger partial charge in [-0.1, -0.05) is 6.07 Å². The van der Waals surface area contributed by atoms with Crippen LogP contribution in [0.15, 0.2) is 36.3 Å². The topological polar surface area (TPSA) is 77.8 Å². The molecule has 5 rings (SSSR count). The van der Waals surface area contributed by atoms with E-state index in [1.54, 1.807) is 18.6 Å². The largest absolute Gasteiger partial charge is 0.384 e. The number of nitrogens with zero attached hydrogens (tertiary/aromatic N) is 2. The van der Waals surface area contributed by atoms with Gasteiger partial charge in [-0.05, 0) is 67.9 Å². The highest BCUT2D eigenvalue weighted by Crippen LogP contribution is 2.55. The number of hydrogen-bond donors (Lipinski definition) is 2. The van der Waals surface area contributed by atoms with Gasteiger partial charge in [-0.2, -0.15) is 5.26 Å². The minimum atomic E-state index is -0.330. The zero-order chi connectivity index (χ0) is 17.3. The molecule has 0 spiro atoms. The van der Waals surface area contributed by atoms with E-state index in [0.29, 0.717) is 6.54 Å². The van der Waals surface area contributed by atoms with E-state index in [0.717, 1.165) is 23.3 Å². The van der Waals surface area contributed by atoms with Crippen LogP contribution in [0, 0.1) is 29.1 Å². The predicted octanol–water partition coefficient (Wildman–Crippen LogP) is 2.66. The Bertz CT molecular complexity index is 684. The van der Waals surface area contributed by atoms with Crippen molar-refractivity contribution >= 4 is 5.91 Å². The second-order valence-electron chi connectivity index (χ2n) is 8.06. The van der Waals surface area contributed by atoms with Crippen molar-refractivity contribution in [2.24, 2.45) is 17.8 Å². The highest BCUT2D eigenvalue weighted by Gasteiger charge is 2.50. The fourth-order valence-corrected chi connectivity index (χ4v) is 5.44. The SMILES string of the molecule is N#C/C(=C/NC12CC3CC(CC(C3)C1)C2)C(=O)NCc1cccnc1. The molecule has 0 unspecified atom stereocenters. The van der Waals surface area contributed by atoms with Crippen LogP contribution < -0.4 is 10.6 Å². The maximum absolute atomic E-state index is 12.3. The normalized spacial score (nSPS) is 32.9. The Morgan fingerprint density at radius 2 is 1.96 bits per heavy atom. The quantitative estimate of drug-likeness (QED) is 0.640. The minimum absolute atomic E-state index is 0.112. The number of nitriles is 1. The van der Waals surface area contributed by atoms with Crippen LogP contribution in [-0.4, -0.2) is 16.4 Å². The molecule has 4 aliphatic carbocycles. The summed E-state index contributed by atoms with van der Waals surface area (Å²) in [4.78, 5) is 16.3. The second kappa shape index (κ2) is 6.51. The smallest absolute Gasteiger partial charge is 0.263 e. The van der Waals surface area contributed by atoms with Gasteiger partial charge < -0.3 is 10.6 Å². The molecule has 0 radical (unpaired) electrons. The third kappa shape index (κ3) is 3.39. The van der Waals surface area contributed by atoms with Gasteiger partial charge in [0.05, 0.1) is 0 Å². The number of hydrogen-bond acceptors (Lipinski definition) is 4. The third-order valence-electron chi connectivity index (χ3n) is 6.10. The van der Waals surface area contributed by atoms with Crippen LogP contribution in [0.2, 0.25) is 0 Å². The monoisotopic (exact) mass is 336 g/mol. The molecule has 5 nitrogen and oxygen atoms in total. The maximum Gasteiger partial charge on any atom is 0.263 e. The molecular formula is C20H24N4O. The summed E-state index contributed by atoms with van der Waals surface area (Å²) in [6, 6.07) is 5.77. The van der Waals surface area contributed by atoms with Crippen LogP contribution in [0.1, 0.15) is 44.1 Å². The molecule has 4 aliphatic rings. The number of pyridine rings is 1. The first-order chi connectivity index (χ1) is 12.2. The van der Waals surface area contributed by atoms with Crippen molar-refractivity contribution in [1.29, 1.82) is 5.26 Å². The summed E-state index contributed by atoms with van der Waals surface area (Å²) < 4.78 is 0. The Morgan fingerprint density at radius 3 is 2.52 bits per heavy atom. The van der Waals surface area contributed by atoms with Crippen molar-refractivity contribution in [1.82, 2.24) is 15.6 Å². The molecule has 1 aromatic heterocycles. The van der Waals surface area contributed by atoms with E-state index >= 15 is 0 Å². The molecular weight excluding hydrogens is 312 g/mol. The van der Waals surface area contributed by atoms with Gasteiger partial charge in [0, 0.05) is 30.7 Å². The molecule has 130 valence electrons. The van der Waals surface area contributed by atoms with Gasteiger partial charge in [0.1, 0.15) is 11.6 Å². The van der Waals surface area contributed by atoms with Crippen molar-refractivity contribution < 1.29 is 4.79 Å². The molecule has 1 aromatic rings. The summed E-state index contributed by atoms with van der Waals surface area (Å²) >= 11 is 0. The first-order valence-corrected chi connectivity index (χ1v) is 9.21. The number of rotatable bonds is 5. The summed E-state index contributed by atoms with van der Waals surface area (Å²) in [6.45, 7) is 0.378. The van der Waals surface area contributed by atoms with Crippen LogP contribution in [0.25, 0.3) is 0 Å². The van der Waals surface area contributed by atoms with Crippen LogP contribution in [0.4, 0.5) is 0 Å². The maximum atomic E-state index is 12.3.